The maximum atomic E-state index is 11.7. The summed E-state index contributed by atoms with van der Waals surface area (Å²) in [5.74, 6) is -0.107. The van der Waals surface area contributed by atoms with E-state index >= 15 is 0 Å². The van der Waals surface area contributed by atoms with Gasteiger partial charge in [0.15, 0.2) is 0 Å². The third-order valence-electron chi connectivity index (χ3n) is 3.21. The number of amides is 1. The summed E-state index contributed by atoms with van der Waals surface area (Å²) >= 11 is 0. The lowest BCUT2D eigenvalue weighted by Gasteiger charge is -2.10. The molecule has 0 saturated heterocycles. The Morgan fingerprint density at radius 1 is 1.27 bits per heavy atom. The average Bonchev–Trinajstić information content (AvgIpc) is 2.49. The summed E-state index contributed by atoms with van der Waals surface area (Å²) < 4.78 is 5.51. The van der Waals surface area contributed by atoms with Gasteiger partial charge in [-0.15, -0.1) is 0 Å². The molecule has 122 valence electrons. The molecule has 1 amide bonds. The molecule has 0 saturated carbocycles. The SMILES string of the molecule is CCCOc1ccc(CCC(=O)NCC(C)CC(=O)O)cc1. The summed E-state index contributed by atoms with van der Waals surface area (Å²) in [6, 6.07) is 7.76. The molecule has 0 fully saturated rings. The fraction of sp³-hybridized carbons (Fsp3) is 0.529. The number of nitrogens with one attached hydrogen (secondary N) is 1. The highest BCUT2D eigenvalue weighted by molar-refractivity contribution is 5.76. The lowest BCUT2D eigenvalue weighted by Crippen LogP contribution is -2.29. The molecule has 0 heterocycles. The molecule has 2 N–H and O–H groups in total. The first-order valence-corrected chi connectivity index (χ1v) is 7.71. The predicted molar refractivity (Wildman–Crippen MR) is 85.0 cm³/mol. The highest BCUT2D eigenvalue weighted by Crippen LogP contribution is 2.13. The number of aliphatic carboxylic acids is 1. The van der Waals surface area contributed by atoms with Crippen molar-refractivity contribution in [3.63, 3.8) is 0 Å². The molecule has 1 atom stereocenters. The van der Waals surface area contributed by atoms with Gasteiger partial charge in [0.25, 0.3) is 0 Å². The van der Waals surface area contributed by atoms with Gasteiger partial charge in [-0.05, 0) is 36.5 Å². The molecule has 0 bridgehead atoms. The minimum Gasteiger partial charge on any atom is -0.494 e. The van der Waals surface area contributed by atoms with Crippen LogP contribution in [-0.4, -0.2) is 30.1 Å². The molecular formula is C17H25NO4. The maximum Gasteiger partial charge on any atom is 0.303 e. The molecule has 1 aromatic carbocycles. The lowest BCUT2D eigenvalue weighted by atomic mass is 10.1. The maximum absolute atomic E-state index is 11.7. The molecule has 1 unspecified atom stereocenters. The van der Waals surface area contributed by atoms with E-state index in [0.717, 1.165) is 17.7 Å². The number of carbonyl (C=O) groups is 2. The Hall–Kier alpha value is -2.04. The fourth-order valence-electron chi connectivity index (χ4n) is 1.98. The van der Waals surface area contributed by atoms with Gasteiger partial charge in [-0.2, -0.15) is 0 Å². The number of hydrogen-bond donors (Lipinski definition) is 2. The van der Waals surface area contributed by atoms with E-state index in [1.807, 2.05) is 31.2 Å². The number of rotatable bonds is 10. The van der Waals surface area contributed by atoms with Gasteiger partial charge >= 0.3 is 5.97 Å². The van der Waals surface area contributed by atoms with Crippen LogP contribution >= 0.6 is 0 Å². The van der Waals surface area contributed by atoms with E-state index < -0.39 is 5.97 Å². The van der Waals surface area contributed by atoms with Crippen LogP contribution in [0, 0.1) is 5.92 Å². The molecule has 1 aromatic rings. The van der Waals surface area contributed by atoms with Crippen molar-refractivity contribution in [2.24, 2.45) is 5.92 Å². The molecule has 0 aromatic heterocycles. The van der Waals surface area contributed by atoms with Crippen LogP contribution in [0.1, 0.15) is 38.7 Å². The molecular weight excluding hydrogens is 282 g/mol. The second-order valence-electron chi connectivity index (χ2n) is 5.50. The third-order valence-corrected chi connectivity index (χ3v) is 3.21. The van der Waals surface area contributed by atoms with Crippen LogP contribution in [0.15, 0.2) is 24.3 Å². The van der Waals surface area contributed by atoms with Crippen LogP contribution in [0.4, 0.5) is 0 Å². The van der Waals surface area contributed by atoms with Crippen LogP contribution in [0.3, 0.4) is 0 Å². The molecule has 22 heavy (non-hydrogen) atoms. The summed E-state index contributed by atoms with van der Waals surface area (Å²) in [6.07, 6.45) is 2.10. The van der Waals surface area contributed by atoms with Crippen LogP contribution in [0.5, 0.6) is 5.75 Å². The van der Waals surface area contributed by atoms with Crippen LogP contribution in [0.25, 0.3) is 0 Å². The lowest BCUT2D eigenvalue weighted by molar-refractivity contribution is -0.138. The monoisotopic (exact) mass is 307 g/mol. The van der Waals surface area contributed by atoms with Gasteiger partial charge in [0.2, 0.25) is 5.91 Å². The molecule has 5 nitrogen and oxygen atoms in total. The molecule has 0 aliphatic heterocycles. The number of carboxylic acid groups (broad SMARTS) is 1. The normalized spacial score (nSPS) is 11.7. The summed E-state index contributed by atoms with van der Waals surface area (Å²) in [7, 11) is 0. The van der Waals surface area contributed by atoms with Crippen molar-refractivity contribution in [1.82, 2.24) is 5.32 Å². The Morgan fingerprint density at radius 2 is 1.95 bits per heavy atom. The molecule has 0 aliphatic rings. The quantitative estimate of drug-likeness (QED) is 0.697. The minimum atomic E-state index is -0.841. The van der Waals surface area contributed by atoms with Crippen LogP contribution < -0.4 is 10.1 Å². The zero-order chi connectivity index (χ0) is 16.4. The van der Waals surface area contributed by atoms with Gasteiger partial charge in [0, 0.05) is 19.4 Å². The topological polar surface area (TPSA) is 75.6 Å². The van der Waals surface area contributed by atoms with Gasteiger partial charge in [-0.3, -0.25) is 9.59 Å². The van der Waals surface area contributed by atoms with Gasteiger partial charge in [0.05, 0.1) is 6.61 Å². The van der Waals surface area contributed by atoms with Crippen molar-refractivity contribution in [1.29, 1.82) is 0 Å². The average molecular weight is 307 g/mol. The van der Waals surface area contributed by atoms with E-state index in [-0.39, 0.29) is 18.2 Å². The number of hydrogen-bond acceptors (Lipinski definition) is 3. The van der Waals surface area contributed by atoms with Crippen molar-refractivity contribution < 1.29 is 19.4 Å². The Kier molecular flexibility index (Phi) is 8.04. The fourth-order valence-corrected chi connectivity index (χ4v) is 1.98. The Bertz CT molecular complexity index is 470. The number of ether oxygens (including phenoxy) is 1. The number of carbonyl (C=O) groups excluding carboxylic acids is 1. The highest BCUT2D eigenvalue weighted by Gasteiger charge is 2.09. The van der Waals surface area contributed by atoms with Crippen molar-refractivity contribution in [3.8, 4) is 5.75 Å². The van der Waals surface area contributed by atoms with E-state index in [1.165, 1.54) is 0 Å². The second kappa shape index (κ2) is 9.82. The summed E-state index contributed by atoms with van der Waals surface area (Å²) in [4.78, 5) is 22.3. The molecule has 0 spiro atoms. The van der Waals surface area contributed by atoms with E-state index in [4.69, 9.17) is 9.84 Å². The largest absolute Gasteiger partial charge is 0.494 e. The zero-order valence-corrected chi connectivity index (χ0v) is 13.3. The first kappa shape index (κ1) is 18.0. The number of benzene rings is 1. The standard InChI is InChI=1S/C17H25NO4/c1-3-10-22-15-7-4-14(5-8-15)6-9-16(19)18-12-13(2)11-17(20)21/h4-5,7-8,13H,3,6,9-12H2,1-2H3,(H,18,19)(H,20,21). The van der Waals surface area contributed by atoms with Crippen molar-refractivity contribution in [2.75, 3.05) is 13.2 Å². The smallest absolute Gasteiger partial charge is 0.303 e. The van der Waals surface area contributed by atoms with Gasteiger partial charge < -0.3 is 15.2 Å². The van der Waals surface area contributed by atoms with E-state index in [0.29, 0.717) is 26.0 Å². The number of carboxylic acids is 1. The minimum absolute atomic E-state index is 0.0523. The number of aryl methyl sites for hydroxylation is 1. The summed E-state index contributed by atoms with van der Waals surface area (Å²) in [5.41, 5.74) is 1.08. The molecule has 5 heteroatoms. The van der Waals surface area contributed by atoms with Gasteiger partial charge in [0.1, 0.15) is 5.75 Å². The van der Waals surface area contributed by atoms with Crippen molar-refractivity contribution >= 4 is 11.9 Å². The van der Waals surface area contributed by atoms with E-state index in [2.05, 4.69) is 12.2 Å². The van der Waals surface area contributed by atoms with Crippen molar-refractivity contribution in [3.05, 3.63) is 29.8 Å². The third kappa shape index (κ3) is 7.67. The Morgan fingerprint density at radius 3 is 2.55 bits per heavy atom. The molecule has 0 radical (unpaired) electrons. The summed E-state index contributed by atoms with van der Waals surface area (Å²) in [5, 5.41) is 11.4. The molecule has 1 rings (SSSR count). The van der Waals surface area contributed by atoms with Crippen molar-refractivity contribution in [2.45, 2.75) is 39.5 Å². The second-order valence-corrected chi connectivity index (χ2v) is 5.50. The van der Waals surface area contributed by atoms with E-state index in [9.17, 15) is 9.59 Å². The Balaban J connectivity index is 2.27. The van der Waals surface area contributed by atoms with E-state index in [1.54, 1.807) is 0 Å². The van der Waals surface area contributed by atoms with Gasteiger partial charge in [-0.25, -0.2) is 0 Å². The Labute approximate surface area is 131 Å². The molecule has 0 aliphatic carbocycles. The van der Waals surface area contributed by atoms with Gasteiger partial charge in [-0.1, -0.05) is 26.0 Å². The highest BCUT2D eigenvalue weighted by atomic mass is 16.5. The van der Waals surface area contributed by atoms with Crippen LogP contribution in [0.2, 0.25) is 0 Å². The summed E-state index contributed by atoms with van der Waals surface area (Å²) in [6.45, 7) is 4.97. The predicted octanol–water partition coefficient (Wildman–Crippen LogP) is 2.64. The first-order chi connectivity index (χ1) is 10.5. The zero-order valence-electron chi connectivity index (χ0n) is 13.3. The van der Waals surface area contributed by atoms with Crippen LogP contribution in [-0.2, 0) is 16.0 Å². The first-order valence-electron chi connectivity index (χ1n) is 7.71.